The van der Waals surface area contributed by atoms with E-state index in [9.17, 15) is 18.0 Å². The lowest BCUT2D eigenvalue weighted by Crippen LogP contribution is -2.23. The number of aromatic nitrogens is 3. The Morgan fingerprint density at radius 3 is 2.52 bits per heavy atom. The van der Waals surface area contributed by atoms with Gasteiger partial charge >= 0.3 is 6.18 Å². The smallest absolute Gasteiger partial charge is 0.348 e. The second-order valence-electron chi connectivity index (χ2n) is 7.76. The highest BCUT2D eigenvalue weighted by Gasteiger charge is 2.30. The van der Waals surface area contributed by atoms with Gasteiger partial charge in [-0.05, 0) is 35.4 Å². The molecule has 3 aromatic rings. The molecule has 0 radical (unpaired) electrons. The van der Waals surface area contributed by atoms with Crippen molar-refractivity contribution in [1.29, 1.82) is 0 Å². The highest BCUT2D eigenvalue weighted by atomic mass is 32.2. The van der Waals surface area contributed by atoms with E-state index in [1.54, 1.807) is 30.0 Å². The van der Waals surface area contributed by atoms with Gasteiger partial charge in [0, 0.05) is 30.3 Å². The van der Waals surface area contributed by atoms with Crippen LogP contribution in [0.15, 0.2) is 66.3 Å². The predicted molar refractivity (Wildman–Crippen MR) is 123 cm³/mol. The fraction of sp³-hybridized carbons (Fsp3) is 0.292. The van der Waals surface area contributed by atoms with Crippen LogP contribution in [0, 0.1) is 0 Å². The van der Waals surface area contributed by atoms with E-state index in [-0.39, 0.29) is 18.4 Å². The number of nitrogens with one attached hydrogen (secondary N) is 1. The van der Waals surface area contributed by atoms with Crippen molar-refractivity contribution in [1.82, 2.24) is 20.1 Å². The van der Waals surface area contributed by atoms with E-state index in [2.05, 4.69) is 35.9 Å². The van der Waals surface area contributed by atoms with Gasteiger partial charge in [-0.2, -0.15) is 13.2 Å². The third kappa shape index (κ3) is 6.47. The fourth-order valence-electron chi connectivity index (χ4n) is 3.18. The van der Waals surface area contributed by atoms with Crippen molar-refractivity contribution in [3.8, 4) is 0 Å². The van der Waals surface area contributed by atoms with E-state index in [0.29, 0.717) is 23.4 Å². The summed E-state index contributed by atoms with van der Waals surface area (Å²) in [6.45, 7) is 8.57. The summed E-state index contributed by atoms with van der Waals surface area (Å²) in [6, 6.07) is 12.0. The van der Waals surface area contributed by atoms with Crippen LogP contribution in [0.2, 0.25) is 0 Å². The van der Waals surface area contributed by atoms with Gasteiger partial charge in [0.1, 0.15) is 5.82 Å². The van der Waals surface area contributed by atoms with Crippen molar-refractivity contribution in [2.75, 3.05) is 0 Å². The molecule has 3 rings (SSSR count). The SMILES string of the molecule is C=CCn1c(SCc2ccc(C(=O)NCc3cccc(C(F)(F)F)c3)cc2)nnc1C(C)C. The average molecular weight is 475 g/mol. The number of hydrogen-bond acceptors (Lipinski definition) is 4. The van der Waals surface area contributed by atoms with Crippen LogP contribution < -0.4 is 5.32 Å². The van der Waals surface area contributed by atoms with Crippen LogP contribution in [0.5, 0.6) is 0 Å². The lowest BCUT2D eigenvalue weighted by atomic mass is 10.1. The third-order valence-corrected chi connectivity index (χ3v) is 5.90. The molecule has 33 heavy (non-hydrogen) atoms. The Kier molecular flexibility index (Phi) is 7.97. The predicted octanol–water partition coefficient (Wildman–Crippen LogP) is 5.83. The number of hydrogen-bond donors (Lipinski definition) is 1. The third-order valence-electron chi connectivity index (χ3n) is 4.86. The number of amides is 1. The molecule has 0 fully saturated rings. The zero-order chi connectivity index (χ0) is 24.0. The zero-order valence-corrected chi connectivity index (χ0v) is 19.2. The Balaban J connectivity index is 1.58. The normalized spacial score (nSPS) is 11.6. The first-order chi connectivity index (χ1) is 15.7. The van der Waals surface area contributed by atoms with E-state index in [4.69, 9.17) is 0 Å². The number of rotatable bonds is 9. The summed E-state index contributed by atoms with van der Waals surface area (Å²) in [5, 5.41) is 12.0. The minimum absolute atomic E-state index is 0.0114. The summed E-state index contributed by atoms with van der Waals surface area (Å²) in [5.74, 6) is 1.46. The van der Waals surface area contributed by atoms with E-state index in [1.165, 1.54) is 6.07 Å². The molecule has 174 valence electrons. The second-order valence-corrected chi connectivity index (χ2v) is 8.70. The lowest BCUT2D eigenvalue weighted by molar-refractivity contribution is -0.137. The Labute approximate surface area is 195 Å². The number of carbonyl (C=O) groups is 1. The topological polar surface area (TPSA) is 59.8 Å². The van der Waals surface area contributed by atoms with Crippen molar-refractivity contribution >= 4 is 17.7 Å². The van der Waals surface area contributed by atoms with Gasteiger partial charge in [-0.15, -0.1) is 16.8 Å². The van der Waals surface area contributed by atoms with Crippen LogP contribution in [0.3, 0.4) is 0 Å². The van der Waals surface area contributed by atoms with Crippen molar-refractivity contribution in [3.63, 3.8) is 0 Å². The molecule has 0 aliphatic carbocycles. The van der Waals surface area contributed by atoms with Crippen LogP contribution in [0.4, 0.5) is 13.2 Å². The Morgan fingerprint density at radius 1 is 1.15 bits per heavy atom. The number of carbonyl (C=O) groups excluding carboxylic acids is 1. The summed E-state index contributed by atoms with van der Waals surface area (Å²) in [4.78, 5) is 12.4. The van der Waals surface area contributed by atoms with Crippen molar-refractivity contribution in [3.05, 3.63) is 89.3 Å². The fourth-order valence-corrected chi connectivity index (χ4v) is 4.09. The van der Waals surface area contributed by atoms with E-state index < -0.39 is 11.7 Å². The van der Waals surface area contributed by atoms with E-state index in [1.807, 2.05) is 22.8 Å². The maximum Gasteiger partial charge on any atom is 0.416 e. The highest BCUT2D eigenvalue weighted by Crippen LogP contribution is 2.29. The molecule has 0 aliphatic rings. The zero-order valence-electron chi connectivity index (χ0n) is 18.4. The molecule has 0 aliphatic heterocycles. The number of nitrogens with zero attached hydrogens (tertiary/aromatic N) is 3. The van der Waals surface area contributed by atoms with Crippen molar-refractivity contribution in [2.45, 2.75) is 49.9 Å². The van der Waals surface area contributed by atoms with Crippen LogP contribution in [-0.2, 0) is 25.0 Å². The maximum atomic E-state index is 12.8. The molecular weight excluding hydrogens is 449 g/mol. The first-order valence-corrected chi connectivity index (χ1v) is 11.4. The summed E-state index contributed by atoms with van der Waals surface area (Å²) in [6.07, 6.45) is -2.60. The average Bonchev–Trinajstić information content (AvgIpc) is 3.19. The number of alkyl halides is 3. The number of thioether (sulfide) groups is 1. The Morgan fingerprint density at radius 2 is 1.88 bits per heavy atom. The lowest BCUT2D eigenvalue weighted by Gasteiger charge is -2.10. The molecule has 1 amide bonds. The minimum atomic E-state index is -4.41. The van der Waals surface area contributed by atoms with Gasteiger partial charge in [0.25, 0.3) is 5.91 Å². The monoisotopic (exact) mass is 474 g/mol. The minimum Gasteiger partial charge on any atom is -0.348 e. The Hall–Kier alpha value is -3.07. The molecule has 1 aromatic heterocycles. The number of allylic oxidation sites excluding steroid dienone is 1. The van der Waals surface area contributed by atoms with Gasteiger partial charge in [-0.3, -0.25) is 4.79 Å². The summed E-state index contributed by atoms with van der Waals surface area (Å²) < 4.78 is 40.5. The highest BCUT2D eigenvalue weighted by molar-refractivity contribution is 7.98. The molecule has 0 unspecified atom stereocenters. The number of halogens is 3. The van der Waals surface area contributed by atoms with Crippen LogP contribution in [0.25, 0.3) is 0 Å². The van der Waals surface area contributed by atoms with Crippen molar-refractivity contribution < 1.29 is 18.0 Å². The first-order valence-electron chi connectivity index (χ1n) is 10.4. The van der Waals surface area contributed by atoms with E-state index >= 15 is 0 Å². The van der Waals surface area contributed by atoms with Gasteiger partial charge in [-0.1, -0.05) is 56.0 Å². The molecular formula is C24H25F3N4OS. The molecule has 9 heteroatoms. The van der Waals surface area contributed by atoms with Gasteiger partial charge in [0.2, 0.25) is 0 Å². The molecule has 0 saturated heterocycles. The van der Waals surface area contributed by atoms with Gasteiger partial charge < -0.3 is 9.88 Å². The molecule has 0 atom stereocenters. The van der Waals surface area contributed by atoms with Crippen LogP contribution >= 0.6 is 11.8 Å². The molecule has 0 saturated carbocycles. The molecule has 0 spiro atoms. The molecule has 1 N–H and O–H groups in total. The Bertz CT molecular complexity index is 1110. The summed E-state index contributed by atoms with van der Waals surface area (Å²) in [5.41, 5.74) is 1.09. The largest absolute Gasteiger partial charge is 0.416 e. The van der Waals surface area contributed by atoms with Gasteiger partial charge in [0.15, 0.2) is 5.16 Å². The summed E-state index contributed by atoms with van der Waals surface area (Å²) in [7, 11) is 0. The van der Waals surface area contributed by atoms with Crippen molar-refractivity contribution in [2.24, 2.45) is 0 Å². The number of benzene rings is 2. The summed E-state index contributed by atoms with van der Waals surface area (Å²) >= 11 is 1.55. The molecule has 1 heterocycles. The molecule has 5 nitrogen and oxygen atoms in total. The first kappa shape index (κ1) is 24.6. The quantitative estimate of drug-likeness (QED) is 0.313. The molecule has 0 bridgehead atoms. The van der Waals surface area contributed by atoms with E-state index in [0.717, 1.165) is 28.7 Å². The van der Waals surface area contributed by atoms with Gasteiger partial charge in [-0.25, -0.2) is 0 Å². The van der Waals surface area contributed by atoms with Crippen LogP contribution in [-0.4, -0.2) is 20.7 Å². The standard InChI is InChI=1S/C24H25F3N4OS/c1-4-12-31-21(16(2)3)29-30-23(31)33-15-17-8-10-19(11-9-17)22(32)28-14-18-6-5-7-20(13-18)24(25,26)27/h4-11,13,16H,1,12,14-15H2,2-3H3,(H,28,32). The van der Waals surface area contributed by atoms with Gasteiger partial charge in [0.05, 0.1) is 5.56 Å². The maximum absolute atomic E-state index is 12.8. The van der Waals surface area contributed by atoms with Crippen LogP contribution in [0.1, 0.15) is 52.6 Å². The molecule has 2 aromatic carbocycles. The second kappa shape index (κ2) is 10.7.